The fraction of sp³-hybridized carbons (Fsp3) is 0.0500. The molecule has 0 aliphatic carbocycles. The molecule has 0 radical (unpaired) electrons. The highest BCUT2D eigenvalue weighted by Crippen LogP contribution is 2.30. The largest absolute Gasteiger partial charge is 0.457 e. The summed E-state index contributed by atoms with van der Waals surface area (Å²) in [5.41, 5.74) is 0.546. The van der Waals surface area contributed by atoms with Gasteiger partial charge in [0.2, 0.25) is 0 Å². The molecule has 0 heterocycles. The first-order valence-electron chi connectivity index (χ1n) is 7.32. The molecular weight excluding hydrogens is 288 g/mol. The Labute approximate surface area is 135 Å². The van der Waals surface area contributed by atoms with Crippen molar-refractivity contribution in [2.75, 3.05) is 0 Å². The standard InChI is InChI=1S/C20H16O3/c1-15(21)16-12-19(22-17-8-4-2-5-9-17)14-20(13-16)23-18-10-6-3-7-11-18/h2-14H,1H3. The maximum Gasteiger partial charge on any atom is 0.160 e. The van der Waals surface area contributed by atoms with E-state index >= 15 is 0 Å². The summed E-state index contributed by atoms with van der Waals surface area (Å²) < 4.78 is 11.6. The van der Waals surface area contributed by atoms with E-state index in [1.165, 1.54) is 6.92 Å². The molecule has 0 unspecified atom stereocenters. The highest BCUT2D eigenvalue weighted by atomic mass is 16.5. The molecule has 0 amide bonds. The molecule has 0 atom stereocenters. The van der Waals surface area contributed by atoms with Gasteiger partial charge in [-0.25, -0.2) is 0 Å². The molecule has 0 bridgehead atoms. The van der Waals surface area contributed by atoms with Crippen molar-refractivity contribution in [2.45, 2.75) is 6.92 Å². The Kier molecular flexibility index (Phi) is 4.39. The van der Waals surface area contributed by atoms with Crippen LogP contribution in [0, 0.1) is 0 Å². The number of hydrogen-bond donors (Lipinski definition) is 0. The third kappa shape index (κ3) is 3.98. The van der Waals surface area contributed by atoms with E-state index in [4.69, 9.17) is 9.47 Å². The van der Waals surface area contributed by atoms with Gasteiger partial charge in [-0.15, -0.1) is 0 Å². The maximum atomic E-state index is 11.7. The molecule has 0 saturated heterocycles. The Morgan fingerprint density at radius 1 is 0.652 bits per heavy atom. The van der Waals surface area contributed by atoms with E-state index in [0.29, 0.717) is 28.6 Å². The number of hydrogen-bond acceptors (Lipinski definition) is 3. The van der Waals surface area contributed by atoms with Crippen molar-refractivity contribution >= 4 is 5.78 Å². The average molecular weight is 304 g/mol. The van der Waals surface area contributed by atoms with Gasteiger partial charge in [0.15, 0.2) is 5.78 Å². The molecule has 3 rings (SSSR count). The summed E-state index contributed by atoms with van der Waals surface area (Å²) in [6.07, 6.45) is 0. The van der Waals surface area contributed by atoms with Crippen LogP contribution < -0.4 is 9.47 Å². The van der Waals surface area contributed by atoms with Gasteiger partial charge in [-0.1, -0.05) is 36.4 Å². The molecule has 0 aliphatic heterocycles. The van der Waals surface area contributed by atoms with Gasteiger partial charge in [-0.3, -0.25) is 4.79 Å². The summed E-state index contributed by atoms with van der Waals surface area (Å²) in [5.74, 6) is 2.50. The van der Waals surface area contributed by atoms with Crippen LogP contribution in [0.5, 0.6) is 23.0 Å². The van der Waals surface area contributed by atoms with E-state index in [0.717, 1.165) is 0 Å². The van der Waals surface area contributed by atoms with Crippen molar-refractivity contribution in [1.82, 2.24) is 0 Å². The molecule has 3 nitrogen and oxygen atoms in total. The van der Waals surface area contributed by atoms with Crippen LogP contribution >= 0.6 is 0 Å². The third-order valence-corrected chi connectivity index (χ3v) is 3.24. The molecule has 3 aromatic rings. The molecule has 0 aromatic heterocycles. The normalized spacial score (nSPS) is 10.1. The SMILES string of the molecule is CC(=O)c1cc(Oc2ccccc2)cc(Oc2ccccc2)c1. The third-order valence-electron chi connectivity index (χ3n) is 3.24. The molecule has 23 heavy (non-hydrogen) atoms. The molecular formula is C20H16O3. The zero-order valence-corrected chi connectivity index (χ0v) is 12.7. The number of benzene rings is 3. The van der Waals surface area contributed by atoms with Crippen LogP contribution in [-0.4, -0.2) is 5.78 Å². The number of ether oxygens (including phenoxy) is 2. The zero-order valence-electron chi connectivity index (χ0n) is 12.7. The summed E-state index contributed by atoms with van der Waals surface area (Å²) in [6, 6.07) is 24.1. The molecule has 3 aromatic carbocycles. The van der Waals surface area contributed by atoms with E-state index < -0.39 is 0 Å². The first kappa shape index (κ1) is 14.9. The minimum atomic E-state index is -0.0403. The second-order valence-electron chi connectivity index (χ2n) is 5.08. The minimum absolute atomic E-state index is 0.0403. The Morgan fingerprint density at radius 2 is 1.09 bits per heavy atom. The van der Waals surface area contributed by atoms with Gasteiger partial charge in [-0.05, 0) is 43.3 Å². The summed E-state index contributed by atoms with van der Waals surface area (Å²) in [6.45, 7) is 1.52. The van der Waals surface area contributed by atoms with Crippen LogP contribution in [0.4, 0.5) is 0 Å². The average Bonchev–Trinajstić information content (AvgIpc) is 2.56. The highest BCUT2D eigenvalue weighted by molar-refractivity contribution is 5.95. The summed E-state index contributed by atoms with van der Waals surface area (Å²) in [5, 5.41) is 0. The molecule has 114 valence electrons. The second-order valence-corrected chi connectivity index (χ2v) is 5.08. The topological polar surface area (TPSA) is 35.5 Å². The van der Waals surface area contributed by atoms with E-state index in [-0.39, 0.29) is 5.78 Å². The summed E-state index contributed by atoms with van der Waals surface area (Å²) in [4.78, 5) is 11.7. The minimum Gasteiger partial charge on any atom is -0.457 e. The number of ketones is 1. The van der Waals surface area contributed by atoms with Crippen molar-refractivity contribution < 1.29 is 14.3 Å². The Bertz CT molecular complexity index is 736. The van der Waals surface area contributed by atoms with E-state index in [9.17, 15) is 4.79 Å². The highest BCUT2D eigenvalue weighted by Gasteiger charge is 2.08. The zero-order chi connectivity index (χ0) is 16.1. The van der Waals surface area contributed by atoms with Crippen LogP contribution in [0.1, 0.15) is 17.3 Å². The van der Waals surface area contributed by atoms with Crippen molar-refractivity contribution in [3.63, 3.8) is 0 Å². The summed E-state index contributed by atoms with van der Waals surface area (Å²) in [7, 11) is 0. The molecule has 0 spiro atoms. The smallest absolute Gasteiger partial charge is 0.160 e. The second kappa shape index (κ2) is 6.79. The Morgan fingerprint density at radius 3 is 1.48 bits per heavy atom. The lowest BCUT2D eigenvalue weighted by molar-refractivity contribution is 0.101. The lowest BCUT2D eigenvalue weighted by Gasteiger charge is -2.11. The predicted octanol–water partition coefficient (Wildman–Crippen LogP) is 5.47. The van der Waals surface area contributed by atoms with Gasteiger partial charge in [-0.2, -0.15) is 0 Å². The Balaban J connectivity index is 1.91. The van der Waals surface area contributed by atoms with E-state index in [1.807, 2.05) is 60.7 Å². The molecule has 0 fully saturated rings. The van der Waals surface area contributed by atoms with Crippen LogP contribution in [0.25, 0.3) is 0 Å². The first-order valence-corrected chi connectivity index (χ1v) is 7.32. The number of carbonyl (C=O) groups excluding carboxylic acids is 1. The lowest BCUT2D eigenvalue weighted by atomic mass is 10.1. The number of Topliss-reactive ketones (excluding diaryl/α,β-unsaturated/α-hetero) is 1. The van der Waals surface area contributed by atoms with E-state index in [2.05, 4.69) is 0 Å². The maximum absolute atomic E-state index is 11.7. The lowest BCUT2D eigenvalue weighted by Crippen LogP contribution is -1.95. The van der Waals surface area contributed by atoms with Gasteiger partial charge < -0.3 is 9.47 Å². The van der Waals surface area contributed by atoms with Gasteiger partial charge in [0.25, 0.3) is 0 Å². The monoisotopic (exact) mass is 304 g/mol. The predicted molar refractivity (Wildman–Crippen MR) is 89.5 cm³/mol. The molecule has 0 N–H and O–H groups in total. The fourth-order valence-corrected chi connectivity index (χ4v) is 2.14. The van der Waals surface area contributed by atoms with Gasteiger partial charge in [0.05, 0.1) is 0 Å². The van der Waals surface area contributed by atoms with Gasteiger partial charge >= 0.3 is 0 Å². The van der Waals surface area contributed by atoms with Crippen molar-refractivity contribution in [1.29, 1.82) is 0 Å². The van der Waals surface area contributed by atoms with Crippen molar-refractivity contribution in [2.24, 2.45) is 0 Å². The van der Waals surface area contributed by atoms with E-state index in [1.54, 1.807) is 18.2 Å². The molecule has 0 saturated carbocycles. The van der Waals surface area contributed by atoms with Crippen LogP contribution in [-0.2, 0) is 0 Å². The van der Waals surface area contributed by atoms with Crippen LogP contribution in [0.2, 0.25) is 0 Å². The summed E-state index contributed by atoms with van der Waals surface area (Å²) >= 11 is 0. The number of carbonyl (C=O) groups is 1. The number of rotatable bonds is 5. The quantitative estimate of drug-likeness (QED) is 0.586. The van der Waals surface area contributed by atoms with Crippen LogP contribution in [0.3, 0.4) is 0 Å². The fourth-order valence-electron chi connectivity index (χ4n) is 2.14. The number of para-hydroxylation sites is 2. The Hall–Kier alpha value is -3.07. The first-order chi connectivity index (χ1) is 11.2. The molecule has 3 heteroatoms. The van der Waals surface area contributed by atoms with Crippen molar-refractivity contribution in [3.05, 3.63) is 84.4 Å². The van der Waals surface area contributed by atoms with Crippen LogP contribution in [0.15, 0.2) is 78.9 Å². The molecule has 0 aliphatic rings. The van der Waals surface area contributed by atoms with Crippen molar-refractivity contribution in [3.8, 4) is 23.0 Å². The van der Waals surface area contributed by atoms with Gasteiger partial charge in [0, 0.05) is 11.6 Å². The van der Waals surface area contributed by atoms with Gasteiger partial charge in [0.1, 0.15) is 23.0 Å².